The third kappa shape index (κ3) is 4.85. The van der Waals surface area contributed by atoms with Gasteiger partial charge in [-0.2, -0.15) is 0 Å². The van der Waals surface area contributed by atoms with E-state index in [4.69, 9.17) is 11.6 Å². The molecule has 1 aromatic heterocycles. The van der Waals surface area contributed by atoms with Crippen molar-refractivity contribution in [2.45, 2.75) is 0 Å². The van der Waals surface area contributed by atoms with Crippen molar-refractivity contribution in [1.29, 1.82) is 0 Å². The number of halogens is 2. The van der Waals surface area contributed by atoms with Gasteiger partial charge in [-0.3, -0.25) is 19.8 Å². The van der Waals surface area contributed by atoms with Crippen molar-refractivity contribution in [2.75, 3.05) is 17.3 Å². The molecule has 3 N–H and O–H groups in total. The molecule has 0 aliphatic carbocycles. The van der Waals surface area contributed by atoms with E-state index in [0.717, 1.165) is 4.47 Å². The third-order valence-electron chi connectivity index (χ3n) is 3.91. The lowest BCUT2D eigenvalue weighted by Crippen LogP contribution is -2.39. The van der Waals surface area contributed by atoms with Crippen LogP contribution < -0.4 is 16.1 Å². The van der Waals surface area contributed by atoms with Gasteiger partial charge in [-0.25, -0.2) is 4.68 Å². The van der Waals surface area contributed by atoms with E-state index in [1.807, 2.05) is 0 Å². The summed E-state index contributed by atoms with van der Waals surface area (Å²) >= 11 is 9.34. The summed E-state index contributed by atoms with van der Waals surface area (Å²) in [5, 5.41) is 6.29. The molecule has 0 spiro atoms. The number of benzene rings is 2. The predicted molar refractivity (Wildman–Crippen MR) is 117 cm³/mol. The van der Waals surface area contributed by atoms with Crippen molar-refractivity contribution in [3.8, 4) is 0 Å². The van der Waals surface area contributed by atoms with Crippen LogP contribution in [0, 0.1) is 0 Å². The molecule has 1 heterocycles. The van der Waals surface area contributed by atoms with Gasteiger partial charge in [-0.15, -0.1) is 6.58 Å². The maximum atomic E-state index is 12.9. The van der Waals surface area contributed by atoms with Gasteiger partial charge in [0, 0.05) is 27.1 Å². The van der Waals surface area contributed by atoms with Gasteiger partial charge in [0.05, 0.1) is 5.52 Å². The zero-order valence-corrected chi connectivity index (χ0v) is 17.4. The summed E-state index contributed by atoms with van der Waals surface area (Å²) in [5.74, 6) is -2.24. The van der Waals surface area contributed by atoms with Crippen molar-refractivity contribution in [2.24, 2.45) is 0 Å². The standard InChI is InChI=1S/C20H16BrClN4O3/c1-2-8-23-19(28)20(29)25-26-16-7-6-13(21)9-12(16)10-17(26)18(27)24-15-5-3-4-14(22)11-15/h2-7,9-11H,1,8H2,(H,23,28)(H,24,27)(H,25,29). The Morgan fingerprint density at radius 2 is 1.90 bits per heavy atom. The fraction of sp³-hybridized carbons (Fsp3) is 0.0500. The van der Waals surface area contributed by atoms with Crippen molar-refractivity contribution >= 4 is 61.8 Å². The zero-order chi connectivity index (χ0) is 21.0. The largest absolute Gasteiger partial charge is 0.344 e. The Morgan fingerprint density at radius 3 is 2.62 bits per heavy atom. The minimum atomic E-state index is -0.913. The third-order valence-corrected chi connectivity index (χ3v) is 4.63. The number of aromatic nitrogens is 1. The number of carbonyl (C=O) groups excluding carboxylic acids is 3. The highest BCUT2D eigenvalue weighted by Gasteiger charge is 2.20. The Hall–Kier alpha value is -3.10. The highest BCUT2D eigenvalue weighted by Crippen LogP contribution is 2.24. The molecule has 2 aromatic carbocycles. The topological polar surface area (TPSA) is 92.2 Å². The van der Waals surface area contributed by atoms with Gasteiger partial charge in [-0.05, 0) is 42.5 Å². The van der Waals surface area contributed by atoms with Gasteiger partial charge in [0.25, 0.3) is 5.91 Å². The summed E-state index contributed by atoms with van der Waals surface area (Å²) in [6.07, 6.45) is 1.46. The van der Waals surface area contributed by atoms with Crippen molar-refractivity contribution < 1.29 is 14.4 Å². The molecular weight excluding hydrogens is 460 g/mol. The van der Waals surface area contributed by atoms with Crippen LogP contribution in [0.3, 0.4) is 0 Å². The molecule has 0 saturated heterocycles. The van der Waals surface area contributed by atoms with Crippen LogP contribution in [0.1, 0.15) is 10.5 Å². The van der Waals surface area contributed by atoms with Gasteiger partial charge in [0.2, 0.25) is 0 Å². The number of hydrogen-bond donors (Lipinski definition) is 3. The molecule has 3 amide bonds. The van der Waals surface area contributed by atoms with Crippen LogP contribution in [-0.2, 0) is 9.59 Å². The van der Waals surface area contributed by atoms with Crippen LogP contribution in [0.4, 0.5) is 5.69 Å². The lowest BCUT2D eigenvalue weighted by molar-refractivity contribution is -0.136. The Balaban J connectivity index is 1.96. The number of amides is 3. The number of carbonyl (C=O) groups is 3. The van der Waals surface area contributed by atoms with Crippen LogP contribution in [0.15, 0.2) is 65.7 Å². The summed E-state index contributed by atoms with van der Waals surface area (Å²) in [4.78, 5) is 37.1. The predicted octanol–water partition coefficient (Wildman–Crippen LogP) is 3.68. The molecule has 3 aromatic rings. The van der Waals surface area contributed by atoms with Gasteiger partial charge in [-0.1, -0.05) is 39.7 Å². The smallest absolute Gasteiger partial charge is 0.328 e. The first-order chi connectivity index (χ1) is 13.9. The van der Waals surface area contributed by atoms with Crippen LogP contribution in [0.2, 0.25) is 5.02 Å². The molecular formula is C20H16BrClN4O3. The lowest BCUT2D eigenvalue weighted by atomic mass is 10.2. The Kier molecular flexibility index (Phi) is 6.36. The first-order valence-electron chi connectivity index (χ1n) is 8.47. The summed E-state index contributed by atoms with van der Waals surface area (Å²) < 4.78 is 2.08. The highest BCUT2D eigenvalue weighted by atomic mass is 79.9. The molecule has 0 aliphatic heterocycles. The van der Waals surface area contributed by atoms with E-state index < -0.39 is 17.7 Å². The second-order valence-corrected chi connectivity index (χ2v) is 7.32. The summed E-state index contributed by atoms with van der Waals surface area (Å²) in [7, 11) is 0. The van der Waals surface area contributed by atoms with Crippen molar-refractivity contribution in [3.63, 3.8) is 0 Å². The van der Waals surface area contributed by atoms with Crippen molar-refractivity contribution in [1.82, 2.24) is 9.99 Å². The summed E-state index contributed by atoms with van der Waals surface area (Å²) in [6.45, 7) is 3.63. The molecule has 29 heavy (non-hydrogen) atoms. The summed E-state index contributed by atoms with van der Waals surface area (Å²) in [5.41, 5.74) is 3.66. The fourth-order valence-electron chi connectivity index (χ4n) is 2.63. The molecule has 0 bridgehead atoms. The van der Waals surface area contributed by atoms with Gasteiger partial charge < -0.3 is 10.6 Å². The van der Waals surface area contributed by atoms with Crippen LogP contribution in [-0.4, -0.2) is 28.9 Å². The molecule has 0 fully saturated rings. The minimum Gasteiger partial charge on any atom is -0.344 e. The average molecular weight is 476 g/mol. The second-order valence-electron chi connectivity index (χ2n) is 5.97. The first kappa shape index (κ1) is 20.6. The molecule has 0 aliphatic rings. The number of anilines is 1. The maximum absolute atomic E-state index is 12.9. The Labute approximate surface area is 179 Å². The molecule has 0 unspecified atom stereocenters. The molecule has 7 nitrogen and oxygen atoms in total. The normalized spacial score (nSPS) is 10.4. The number of fused-ring (bicyclic) bond motifs is 1. The molecule has 3 rings (SSSR count). The summed E-state index contributed by atoms with van der Waals surface area (Å²) in [6, 6.07) is 13.6. The average Bonchev–Trinajstić information content (AvgIpc) is 3.03. The molecule has 9 heteroatoms. The van der Waals surface area contributed by atoms with Crippen LogP contribution >= 0.6 is 27.5 Å². The van der Waals surface area contributed by atoms with Gasteiger partial charge >= 0.3 is 11.8 Å². The number of nitrogens with zero attached hydrogens (tertiary/aromatic N) is 1. The SMILES string of the molecule is C=CCNC(=O)C(=O)Nn1c(C(=O)Nc2cccc(Cl)c2)cc2cc(Br)ccc21. The second kappa shape index (κ2) is 8.93. The molecule has 0 saturated carbocycles. The van der Waals surface area contributed by atoms with E-state index in [1.165, 1.54) is 10.8 Å². The molecule has 148 valence electrons. The van der Waals surface area contributed by atoms with E-state index in [2.05, 4.69) is 38.6 Å². The van der Waals surface area contributed by atoms with E-state index >= 15 is 0 Å². The Bertz CT molecular complexity index is 1130. The van der Waals surface area contributed by atoms with Crippen LogP contribution in [0.25, 0.3) is 10.9 Å². The van der Waals surface area contributed by atoms with E-state index in [9.17, 15) is 14.4 Å². The Morgan fingerprint density at radius 1 is 1.10 bits per heavy atom. The number of nitrogens with one attached hydrogen (secondary N) is 3. The lowest BCUT2D eigenvalue weighted by Gasteiger charge is -2.12. The van der Waals surface area contributed by atoms with Gasteiger partial charge in [0.1, 0.15) is 5.69 Å². The van der Waals surface area contributed by atoms with E-state index in [0.29, 0.717) is 21.6 Å². The maximum Gasteiger partial charge on any atom is 0.328 e. The molecule has 0 radical (unpaired) electrons. The zero-order valence-electron chi connectivity index (χ0n) is 15.0. The monoisotopic (exact) mass is 474 g/mol. The number of hydrogen-bond acceptors (Lipinski definition) is 3. The fourth-order valence-corrected chi connectivity index (χ4v) is 3.20. The van der Waals surface area contributed by atoms with Crippen molar-refractivity contribution in [3.05, 3.63) is 76.4 Å². The quantitative estimate of drug-likeness (QED) is 0.388. The first-order valence-corrected chi connectivity index (χ1v) is 9.64. The van der Waals surface area contributed by atoms with Crippen LogP contribution in [0.5, 0.6) is 0 Å². The minimum absolute atomic E-state index is 0.142. The van der Waals surface area contributed by atoms with E-state index in [1.54, 1.807) is 48.5 Å². The number of rotatable bonds is 5. The highest BCUT2D eigenvalue weighted by molar-refractivity contribution is 9.10. The van der Waals surface area contributed by atoms with E-state index in [-0.39, 0.29) is 12.2 Å². The molecule has 0 atom stereocenters. The van der Waals surface area contributed by atoms with Gasteiger partial charge in [0.15, 0.2) is 0 Å².